The Balaban J connectivity index is 4.17. The molecule has 8 nitrogen and oxygen atoms in total. The van der Waals surface area contributed by atoms with Gasteiger partial charge in [0.05, 0.1) is 39.9 Å². The summed E-state index contributed by atoms with van der Waals surface area (Å²) in [6.07, 6.45) is 54.8. The molecule has 0 bridgehead atoms. The highest BCUT2D eigenvalue weighted by atomic mass is 31.2. The average molecular weight is 866 g/mol. The number of aliphatic hydroxyl groups excluding tert-OH is 1. The third-order valence-corrected chi connectivity index (χ3v) is 12.0. The van der Waals surface area contributed by atoms with Crippen LogP contribution in [0.3, 0.4) is 0 Å². The number of phosphoric ester groups is 1. The third kappa shape index (κ3) is 44.5. The Kier molecular flexibility index (Phi) is 41.6. The van der Waals surface area contributed by atoms with Gasteiger partial charge in [-0.05, 0) is 57.8 Å². The first-order valence-electron chi connectivity index (χ1n) is 25.0. The summed E-state index contributed by atoms with van der Waals surface area (Å²) in [4.78, 5) is 23.1. The summed E-state index contributed by atoms with van der Waals surface area (Å²) in [6, 6.07) is -0.846. The molecule has 0 saturated heterocycles. The molecule has 0 spiro atoms. The van der Waals surface area contributed by atoms with E-state index in [1.54, 1.807) is 6.08 Å². The van der Waals surface area contributed by atoms with E-state index in [0.29, 0.717) is 17.4 Å². The van der Waals surface area contributed by atoms with Crippen LogP contribution in [0.25, 0.3) is 0 Å². The van der Waals surface area contributed by atoms with Crippen LogP contribution < -0.4 is 5.32 Å². The molecule has 3 unspecified atom stereocenters. The normalized spacial score (nSPS) is 14.6. The average Bonchev–Trinajstić information content (AvgIpc) is 3.20. The molecule has 0 fully saturated rings. The maximum Gasteiger partial charge on any atom is 0.472 e. The van der Waals surface area contributed by atoms with Crippen LogP contribution in [0.15, 0.2) is 48.6 Å². The molecule has 0 saturated carbocycles. The summed E-state index contributed by atoms with van der Waals surface area (Å²) in [5, 5.41) is 13.8. The van der Waals surface area contributed by atoms with Crippen LogP contribution in [0.2, 0.25) is 0 Å². The van der Waals surface area contributed by atoms with E-state index in [2.05, 4.69) is 55.6 Å². The summed E-state index contributed by atoms with van der Waals surface area (Å²) in [5.74, 6) is -0.181. The van der Waals surface area contributed by atoms with E-state index < -0.39 is 20.0 Å². The number of carbonyl (C=O) groups excluding carboxylic acids is 1. The van der Waals surface area contributed by atoms with Gasteiger partial charge in [0.15, 0.2) is 0 Å². The standard InChI is InChI=1S/C51H97N2O6P/c1-6-8-10-12-14-16-18-19-20-21-22-23-24-25-26-27-28-29-30-31-32-33-35-37-39-41-43-45-51(55)52-49(48-59-60(56,57)58-47-46-53(3,4)5)50(54)44-42-40-38-36-34-17-15-13-11-9-7-2/h18-19,21-22,24-25,42,44,49-50,54H,6-17,20,23,26-41,43,45-48H2,1-5H3,(H-,52,55,56,57)/p+1/b19-18-,22-21-,25-24-,44-42+. The number of unbranched alkanes of at least 4 members (excludes halogenated alkanes) is 26. The van der Waals surface area contributed by atoms with E-state index in [0.717, 1.165) is 51.4 Å². The van der Waals surface area contributed by atoms with Crippen molar-refractivity contribution in [3.63, 3.8) is 0 Å². The van der Waals surface area contributed by atoms with Gasteiger partial charge < -0.3 is 19.8 Å². The fourth-order valence-corrected chi connectivity index (χ4v) is 7.78. The fraction of sp³-hybridized carbons (Fsp3) is 0.824. The highest BCUT2D eigenvalue weighted by Crippen LogP contribution is 2.43. The Morgan fingerprint density at radius 2 is 0.950 bits per heavy atom. The van der Waals surface area contributed by atoms with Gasteiger partial charge >= 0.3 is 7.82 Å². The number of nitrogens with zero attached hydrogens (tertiary/aromatic N) is 1. The molecule has 352 valence electrons. The van der Waals surface area contributed by atoms with Gasteiger partial charge in [-0.15, -0.1) is 0 Å². The zero-order chi connectivity index (χ0) is 44.3. The molecular weight excluding hydrogens is 768 g/mol. The van der Waals surface area contributed by atoms with Gasteiger partial charge in [-0.1, -0.05) is 204 Å². The molecule has 0 radical (unpaired) electrons. The molecule has 3 atom stereocenters. The van der Waals surface area contributed by atoms with E-state index in [9.17, 15) is 19.4 Å². The Morgan fingerprint density at radius 3 is 1.38 bits per heavy atom. The maximum atomic E-state index is 12.9. The second-order valence-electron chi connectivity index (χ2n) is 18.2. The lowest BCUT2D eigenvalue weighted by Crippen LogP contribution is -2.45. The van der Waals surface area contributed by atoms with Crippen LogP contribution in [-0.4, -0.2) is 73.4 Å². The van der Waals surface area contributed by atoms with Crippen LogP contribution in [0, 0.1) is 0 Å². The molecule has 3 N–H and O–H groups in total. The van der Waals surface area contributed by atoms with Gasteiger partial charge in [-0.25, -0.2) is 4.57 Å². The number of likely N-dealkylation sites (N-methyl/N-ethyl adjacent to an activating group) is 1. The van der Waals surface area contributed by atoms with Crippen molar-refractivity contribution >= 4 is 13.7 Å². The van der Waals surface area contributed by atoms with Crippen LogP contribution >= 0.6 is 7.82 Å². The van der Waals surface area contributed by atoms with Crippen molar-refractivity contribution in [3.05, 3.63) is 48.6 Å². The topological polar surface area (TPSA) is 105 Å². The van der Waals surface area contributed by atoms with Gasteiger partial charge in [-0.3, -0.25) is 13.8 Å². The SMILES string of the molecule is CCCCCCC/C=C\C/C=C\C/C=C\CCCCCCCCCCCCCCC(=O)NC(COP(=O)(O)OCC[N+](C)(C)C)C(O)/C=C/CCCCCCCCCCC. The van der Waals surface area contributed by atoms with Crippen LogP contribution in [0.4, 0.5) is 0 Å². The minimum absolute atomic E-state index is 0.0602. The zero-order valence-electron chi connectivity index (χ0n) is 39.9. The molecule has 0 aliphatic heterocycles. The van der Waals surface area contributed by atoms with Crippen molar-refractivity contribution in [1.29, 1.82) is 0 Å². The van der Waals surface area contributed by atoms with E-state index in [4.69, 9.17) is 9.05 Å². The highest BCUT2D eigenvalue weighted by Gasteiger charge is 2.27. The molecule has 0 aromatic rings. The van der Waals surface area contributed by atoms with E-state index in [1.807, 2.05) is 27.2 Å². The lowest BCUT2D eigenvalue weighted by Gasteiger charge is -2.25. The highest BCUT2D eigenvalue weighted by molar-refractivity contribution is 7.47. The van der Waals surface area contributed by atoms with Crippen molar-refractivity contribution in [2.24, 2.45) is 0 Å². The largest absolute Gasteiger partial charge is 0.472 e. The van der Waals surface area contributed by atoms with E-state index >= 15 is 0 Å². The van der Waals surface area contributed by atoms with Crippen molar-refractivity contribution in [1.82, 2.24) is 5.32 Å². The molecule has 0 rings (SSSR count). The van der Waals surface area contributed by atoms with Gasteiger partial charge in [0.2, 0.25) is 5.91 Å². The molecule has 9 heteroatoms. The monoisotopic (exact) mass is 866 g/mol. The van der Waals surface area contributed by atoms with Crippen molar-refractivity contribution in [2.45, 2.75) is 231 Å². The molecule has 0 aromatic carbocycles. The molecular formula is C51H98N2O6P+. The minimum atomic E-state index is -4.34. The summed E-state index contributed by atoms with van der Waals surface area (Å²) >= 11 is 0. The van der Waals surface area contributed by atoms with Gasteiger partial charge in [0.25, 0.3) is 0 Å². The number of hydrogen-bond donors (Lipinski definition) is 3. The number of allylic oxidation sites excluding steroid dienone is 7. The zero-order valence-corrected chi connectivity index (χ0v) is 40.8. The number of amides is 1. The first-order chi connectivity index (χ1) is 29.0. The lowest BCUT2D eigenvalue weighted by atomic mass is 10.0. The Labute approximate surface area is 371 Å². The molecule has 0 heterocycles. The Hall–Kier alpha value is -1.54. The van der Waals surface area contributed by atoms with Crippen molar-refractivity contribution in [2.75, 3.05) is 40.9 Å². The first-order valence-corrected chi connectivity index (χ1v) is 26.5. The van der Waals surface area contributed by atoms with Crippen LogP contribution in [0.1, 0.15) is 219 Å². The predicted octanol–water partition coefficient (Wildman–Crippen LogP) is 14.4. The number of rotatable bonds is 45. The fourth-order valence-electron chi connectivity index (χ4n) is 7.05. The van der Waals surface area contributed by atoms with Crippen LogP contribution in [-0.2, 0) is 18.4 Å². The summed E-state index contributed by atoms with van der Waals surface area (Å²) in [5.41, 5.74) is 0. The lowest BCUT2D eigenvalue weighted by molar-refractivity contribution is -0.870. The molecule has 0 aliphatic rings. The second-order valence-corrected chi connectivity index (χ2v) is 19.6. The summed E-state index contributed by atoms with van der Waals surface area (Å²) < 4.78 is 23.6. The minimum Gasteiger partial charge on any atom is -0.387 e. The van der Waals surface area contributed by atoms with Crippen molar-refractivity contribution in [3.8, 4) is 0 Å². The number of carbonyl (C=O) groups is 1. The first kappa shape index (κ1) is 58.5. The number of aliphatic hydroxyl groups is 1. The van der Waals surface area contributed by atoms with Crippen molar-refractivity contribution < 1.29 is 32.9 Å². The van der Waals surface area contributed by atoms with Gasteiger partial charge in [0.1, 0.15) is 13.2 Å². The van der Waals surface area contributed by atoms with E-state index in [-0.39, 0.29) is 19.1 Å². The third-order valence-electron chi connectivity index (χ3n) is 11.0. The predicted molar refractivity (Wildman–Crippen MR) is 258 cm³/mol. The summed E-state index contributed by atoms with van der Waals surface area (Å²) in [6.45, 7) is 4.79. The van der Waals surface area contributed by atoms with Crippen LogP contribution in [0.5, 0.6) is 0 Å². The smallest absolute Gasteiger partial charge is 0.387 e. The number of nitrogens with one attached hydrogen (secondary N) is 1. The number of phosphoric acid groups is 1. The molecule has 60 heavy (non-hydrogen) atoms. The quantitative estimate of drug-likeness (QED) is 0.0244. The van der Waals surface area contributed by atoms with Gasteiger partial charge in [-0.2, -0.15) is 0 Å². The molecule has 0 aromatic heterocycles. The Bertz CT molecular complexity index is 1120. The summed E-state index contributed by atoms with van der Waals surface area (Å²) in [7, 11) is 1.57. The van der Waals surface area contributed by atoms with Gasteiger partial charge in [0, 0.05) is 6.42 Å². The molecule has 1 amide bonds. The number of hydrogen-bond acceptors (Lipinski definition) is 5. The maximum absolute atomic E-state index is 12.9. The van der Waals surface area contributed by atoms with E-state index in [1.165, 1.54) is 148 Å². The second kappa shape index (κ2) is 42.7. The Morgan fingerprint density at radius 1 is 0.567 bits per heavy atom. The molecule has 0 aliphatic carbocycles. The number of quaternary nitrogens is 1.